The highest BCUT2D eigenvalue weighted by Gasteiger charge is 2.46. The molecule has 56 heavy (non-hydrogen) atoms. The molecule has 1 aromatic heterocycles. The normalized spacial score (nSPS) is 14.2. The summed E-state index contributed by atoms with van der Waals surface area (Å²) in [5, 5.41) is 1.11. The maximum atomic E-state index is 6.05. The van der Waals surface area contributed by atoms with Crippen LogP contribution in [0.1, 0.15) is 47.2 Å². The monoisotopic (exact) mass is 717 g/mol. The van der Waals surface area contributed by atoms with Crippen LogP contribution < -0.4 is 4.90 Å². The molecule has 8 aromatic carbocycles. The van der Waals surface area contributed by atoms with E-state index in [0.717, 1.165) is 39.2 Å². The van der Waals surface area contributed by atoms with E-state index in [1.54, 1.807) is 0 Å². The smallest absolute Gasteiger partial charge is 0.134 e. The molecule has 0 radical (unpaired) electrons. The lowest BCUT2D eigenvalue weighted by atomic mass is 9.67. The van der Waals surface area contributed by atoms with Crippen LogP contribution in [0, 0.1) is 0 Å². The minimum Gasteiger partial charge on any atom is -0.464 e. The summed E-state index contributed by atoms with van der Waals surface area (Å²) in [5.41, 5.74) is 18.8. The fourth-order valence-corrected chi connectivity index (χ4v) is 9.86. The number of nitrogens with zero attached hydrogens (tertiary/aromatic N) is 1. The minimum atomic E-state index is -0.505. The van der Waals surface area contributed by atoms with Crippen LogP contribution in [-0.4, -0.2) is 0 Å². The molecule has 2 nitrogen and oxygen atoms in total. The van der Waals surface area contributed by atoms with Crippen molar-refractivity contribution in [2.75, 3.05) is 4.90 Å². The summed E-state index contributed by atoms with van der Waals surface area (Å²) in [5.74, 6) is 0. The Hall–Kier alpha value is -6.90. The number of para-hydroxylation sites is 1. The minimum absolute atomic E-state index is 0.138. The van der Waals surface area contributed by atoms with E-state index in [1.165, 1.54) is 55.6 Å². The van der Waals surface area contributed by atoms with Gasteiger partial charge in [-0.1, -0.05) is 166 Å². The lowest BCUT2D eigenvalue weighted by Crippen LogP contribution is -2.28. The molecule has 0 N–H and O–H groups in total. The van der Waals surface area contributed by atoms with Crippen molar-refractivity contribution in [3.8, 4) is 33.4 Å². The molecule has 11 rings (SSSR count). The van der Waals surface area contributed by atoms with Crippen LogP contribution in [0.3, 0.4) is 0 Å². The number of anilines is 3. The van der Waals surface area contributed by atoms with Crippen LogP contribution in [0.5, 0.6) is 0 Å². The predicted molar refractivity (Wildman–Crippen MR) is 231 cm³/mol. The van der Waals surface area contributed by atoms with Crippen LogP contribution >= 0.6 is 0 Å². The zero-order chi connectivity index (χ0) is 37.4. The highest BCUT2D eigenvalue weighted by Crippen LogP contribution is 2.58. The van der Waals surface area contributed by atoms with E-state index in [-0.39, 0.29) is 5.41 Å². The fraction of sp³-hybridized carbons (Fsp3) is 0.0741. The van der Waals surface area contributed by atoms with Gasteiger partial charge < -0.3 is 9.32 Å². The standard InChI is InChI=1S/C54H39NO/c1-53(2)48-25-12-9-22-42(48)44-30-28-40(33-50(44)53)55(39-21-15-16-36(32-39)47-35-56-52-27-14-11-24-46(47)52)41-29-31-45-43-23-10-13-26-49(43)54(51(45)34-41,37-17-5-3-6-18-37)38-19-7-4-8-20-38/h3-35H,1-2H3. The molecule has 9 aromatic rings. The first-order valence-corrected chi connectivity index (χ1v) is 19.5. The Morgan fingerprint density at radius 3 is 1.64 bits per heavy atom. The van der Waals surface area contributed by atoms with Crippen LogP contribution in [0.4, 0.5) is 17.1 Å². The first kappa shape index (κ1) is 32.5. The molecule has 266 valence electrons. The van der Waals surface area contributed by atoms with Crippen molar-refractivity contribution in [1.29, 1.82) is 0 Å². The molecule has 2 heteroatoms. The zero-order valence-corrected chi connectivity index (χ0v) is 31.4. The number of furan rings is 1. The summed E-state index contributed by atoms with van der Waals surface area (Å²) in [7, 11) is 0. The molecule has 0 aliphatic heterocycles. The lowest BCUT2D eigenvalue weighted by Gasteiger charge is -2.35. The van der Waals surface area contributed by atoms with E-state index >= 15 is 0 Å². The molecule has 0 atom stereocenters. The number of hydrogen-bond donors (Lipinski definition) is 0. The number of rotatable bonds is 6. The summed E-state index contributed by atoms with van der Waals surface area (Å²) in [6, 6.07) is 71.4. The summed E-state index contributed by atoms with van der Waals surface area (Å²) >= 11 is 0. The Balaban J connectivity index is 1.17. The molecule has 2 aliphatic rings. The Morgan fingerprint density at radius 1 is 0.393 bits per heavy atom. The predicted octanol–water partition coefficient (Wildman–Crippen LogP) is 14.2. The molecule has 0 amide bonds. The molecule has 0 unspecified atom stereocenters. The van der Waals surface area contributed by atoms with Gasteiger partial charge in [-0.3, -0.25) is 0 Å². The first-order valence-electron chi connectivity index (χ1n) is 19.5. The fourth-order valence-electron chi connectivity index (χ4n) is 9.86. The van der Waals surface area contributed by atoms with Gasteiger partial charge in [0, 0.05) is 33.4 Å². The summed E-state index contributed by atoms with van der Waals surface area (Å²) in [6.45, 7) is 4.72. The van der Waals surface area contributed by atoms with Gasteiger partial charge in [-0.05, 0) is 104 Å². The molecule has 0 saturated heterocycles. The highest BCUT2D eigenvalue weighted by molar-refractivity contribution is 5.96. The SMILES string of the molecule is CC1(C)c2ccccc2-c2ccc(N(c3cccc(-c4coc5ccccc45)c3)c3ccc4c(c3)C(c3ccccc3)(c3ccccc3)c3ccccc3-4)cc21. The zero-order valence-electron chi connectivity index (χ0n) is 31.4. The van der Waals surface area contributed by atoms with E-state index in [9.17, 15) is 0 Å². The third-order valence-electron chi connectivity index (χ3n) is 12.4. The van der Waals surface area contributed by atoms with Gasteiger partial charge in [-0.25, -0.2) is 0 Å². The first-order chi connectivity index (χ1) is 27.5. The topological polar surface area (TPSA) is 16.4 Å². The van der Waals surface area contributed by atoms with E-state index in [4.69, 9.17) is 4.42 Å². The molecular formula is C54H39NO. The van der Waals surface area contributed by atoms with Crippen LogP contribution in [0.15, 0.2) is 205 Å². The van der Waals surface area contributed by atoms with Gasteiger partial charge in [0.1, 0.15) is 5.58 Å². The Labute approximate surface area is 328 Å². The van der Waals surface area contributed by atoms with Crippen molar-refractivity contribution in [2.24, 2.45) is 0 Å². The summed E-state index contributed by atoms with van der Waals surface area (Å²) < 4.78 is 6.05. The van der Waals surface area contributed by atoms with Crippen molar-refractivity contribution >= 4 is 28.0 Å². The lowest BCUT2D eigenvalue weighted by molar-refractivity contribution is 0.617. The van der Waals surface area contributed by atoms with Gasteiger partial charge in [0.15, 0.2) is 0 Å². The van der Waals surface area contributed by atoms with Gasteiger partial charge in [-0.15, -0.1) is 0 Å². The molecule has 0 saturated carbocycles. The molecule has 0 spiro atoms. The van der Waals surface area contributed by atoms with Crippen molar-refractivity contribution < 1.29 is 4.42 Å². The molecule has 1 heterocycles. The number of benzene rings is 8. The average Bonchev–Trinajstić information content (AvgIpc) is 3.89. The van der Waals surface area contributed by atoms with Crippen molar-refractivity contribution in [3.05, 3.63) is 234 Å². The second kappa shape index (κ2) is 12.3. The number of hydrogen-bond acceptors (Lipinski definition) is 2. The number of fused-ring (bicyclic) bond motifs is 7. The largest absolute Gasteiger partial charge is 0.464 e. The van der Waals surface area contributed by atoms with Crippen molar-refractivity contribution in [2.45, 2.75) is 24.7 Å². The molecular weight excluding hydrogens is 679 g/mol. The van der Waals surface area contributed by atoms with Gasteiger partial charge >= 0.3 is 0 Å². The average molecular weight is 718 g/mol. The maximum Gasteiger partial charge on any atom is 0.134 e. The van der Waals surface area contributed by atoms with E-state index in [1.807, 2.05) is 18.4 Å². The highest BCUT2D eigenvalue weighted by atomic mass is 16.3. The molecule has 0 fully saturated rings. The third-order valence-corrected chi connectivity index (χ3v) is 12.4. The Kier molecular flexibility index (Phi) is 7.15. The quantitative estimate of drug-likeness (QED) is 0.170. The Bertz CT molecular complexity index is 2910. The Morgan fingerprint density at radius 2 is 0.929 bits per heavy atom. The van der Waals surface area contributed by atoms with Crippen LogP contribution in [-0.2, 0) is 10.8 Å². The summed E-state index contributed by atoms with van der Waals surface area (Å²) in [6.07, 6.45) is 1.89. The summed E-state index contributed by atoms with van der Waals surface area (Å²) in [4.78, 5) is 2.45. The van der Waals surface area contributed by atoms with E-state index < -0.39 is 5.41 Å². The second-order valence-electron chi connectivity index (χ2n) is 15.7. The van der Waals surface area contributed by atoms with Crippen LogP contribution in [0.25, 0.3) is 44.3 Å². The van der Waals surface area contributed by atoms with Gasteiger partial charge in [0.05, 0.1) is 11.7 Å². The molecule has 2 aliphatic carbocycles. The second-order valence-corrected chi connectivity index (χ2v) is 15.7. The molecule has 0 bridgehead atoms. The van der Waals surface area contributed by atoms with Crippen molar-refractivity contribution in [3.63, 3.8) is 0 Å². The van der Waals surface area contributed by atoms with Crippen LogP contribution in [0.2, 0.25) is 0 Å². The third kappa shape index (κ3) is 4.63. The maximum absolute atomic E-state index is 6.05. The van der Waals surface area contributed by atoms with Crippen molar-refractivity contribution in [1.82, 2.24) is 0 Å². The van der Waals surface area contributed by atoms with Gasteiger partial charge in [-0.2, -0.15) is 0 Å². The van der Waals surface area contributed by atoms with Gasteiger partial charge in [0.2, 0.25) is 0 Å². The van der Waals surface area contributed by atoms with E-state index in [0.29, 0.717) is 0 Å². The van der Waals surface area contributed by atoms with E-state index in [2.05, 4.69) is 201 Å². The van der Waals surface area contributed by atoms with Gasteiger partial charge in [0.25, 0.3) is 0 Å².